The minimum atomic E-state index is -1.07. The van der Waals surface area contributed by atoms with E-state index in [0.29, 0.717) is 5.75 Å². The largest absolute Gasteiger partial charge is 0.480 e. The average molecular weight is 269 g/mol. The first-order valence-electron chi connectivity index (χ1n) is 5.32. The zero-order valence-corrected chi connectivity index (χ0v) is 10.8. The molecule has 0 fully saturated rings. The highest BCUT2D eigenvalue weighted by Crippen LogP contribution is 2.02. The van der Waals surface area contributed by atoms with Crippen LogP contribution < -0.4 is 5.32 Å². The van der Waals surface area contributed by atoms with E-state index in [1.165, 1.54) is 11.8 Å². The fourth-order valence-electron chi connectivity index (χ4n) is 1.25. The lowest BCUT2D eigenvalue weighted by molar-refractivity contribution is -0.138. The van der Waals surface area contributed by atoms with Crippen molar-refractivity contribution in [2.45, 2.75) is 12.6 Å². The molecule has 1 atom stereocenters. The van der Waals surface area contributed by atoms with Gasteiger partial charge in [-0.25, -0.2) is 9.59 Å². The number of hydrogen-bond acceptors (Lipinski definition) is 4. The fraction of sp³-hybridized carbons (Fsp3) is 0.333. The van der Waals surface area contributed by atoms with Gasteiger partial charge in [-0.1, -0.05) is 30.3 Å². The smallest absolute Gasteiger partial charge is 0.408 e. The van der Waals surface area contributed by atoms with Gasteiger partial charge in [0.05, 0.1) is 0 Å². The van der Waals surface area contributed by atoms with Crippen molar-refractivity contribution in [2.75, 3.05) is 12.0 Å². The third kappa shape index (κ3) is 5.09. The van der Waals surface area contributed by atoms with Crippen molar-refractivity contribution in [3.8, 4) is 0 Å². The molecule has 2 N–H and O–H groups in total. The number of carboxylic acid groups (broad SMARTS) is 1. The molecule has 18 heavy (non-hydrogen) atoms. The first-order chi connectivity index (χ1) is 8.63. The quantitative estimate of drug-likeness (QED) is 0.822. The van der Waals surface area contributed by atoms with Crippen molar-refractivity contribution >= 4 is 23.8 Å². The lowest BCUT2D eigenvalue weighted by Gasteiger charge is -2.13. The number of amides is 1. The van der Waals surface area contributed by atoms with E-state index in [1.54, 1.807) is 6.26 Å². The molecule has 6 heteroatoms. The number of aliphatic carboxylic acids is 1. The molecule has 1 rings (SSSR count). The Morgan fingerprint density at radius 2 is 2.06 bits per heavy atom. The summed E-state index contributed by atoms with van der Waals surface area (Å²) >= 11 is 1.34. The third-order valence-electron chi connectivity index (χ3n) is 2.14. The van der Waals surface area contributed by atoms with Gasteiger partial charge in [-0.3, -0.25) is 0 Å². The highest BCUT2D eigenvalue weighted by molar-refractivity contribution is 7.98. The number of benzene rings is 1. The van der Waals surface area contributed by atoms with Gasteiger partial charge in [0.2, 0.25) is 0 Å². The van der Waals surface area contributed by atoms with Crippen LogP contribution in [0.3, 0.4) is 0 Å². The Hall–Kier alpha value is -1.69. The summed E-state index contributed by atoms with van der Waals surface area (Å²) in [4.78, 5) is 22.2. The van der Waals surface area contributed by atoms with Crippen LogP contribution in [0.25, 0.3) is 0 Å². The summed E-state index contributed by atoms with van der Waals surface area (Å²) < 4.78 is 4.93. The predicted octanol–water partition coefficient (Wildman–Crippen LogP) is 1.73. The van der Waals surface area contributed by atoms with Crippen LogP contribution in [0.4, 0.5) is 4.79 Å². The maximum absolute atomic E-state index is 11.4. The highest BCUT2D eigenvalue weighted by Gasteiger charge is 2.19. The molecular weight excluding hydrogens is 254 g/mol. The van der Waals surface area contributed by atoms with Crippen molar-refractivity contribution in [1.82, 2.24) is 5.32 Å². The first kappa shape index (κ1) is 14.4. The van der Waals surface area contributed by atoms with Crippen molar-refractivity contribution in [2.24, 2.45) is 0 Å². The summed E-state index contributed by atoms with van der Waals surface area (Å²) in [5.41, 5.74) is 0.851. The number of nitrogens with one attached hydrogen (secondary N) is 1. The Labute approximate surface area is 110 Å². The summed E-state index contributed by atoms with van der Waals surface area (Å²) in [6.45, 7) is 0.123. The van der Waals surface area contributed by atoms with Gasteiger partial charge in [-0.05, 0) is 11.8 Å². The van der Waals surface area contributed by atoms with Gasteiger partial charge in [0.15, 0.2) is 0 Å². The van der Waals surface area contributed by atoms with Crippen LogP contribution in [0.1, 0.15) is 5.56 Å². The molecule has 0 unspecified atom stereocenters. The molecule has 1 aromatic rings. The molecule has 0 heterocycles. The lowest BCUT2D eigenvalue weighted by Crippen LogP contribution is -2.42. The van der Waals surface area contributed by atoms with E-state index in [2.05, 4.69) is 5.32 Å². The summed E-state index contributed by atoms with van der Waals surface area (Å²) in [5.74, 6) is -0.767. The summed E-state index contributed by atoms with van der Waals surface area (Å²) in [6, 6.07) is 8.26. The Morgan fingerprint density at radius 3 is 2.61 bits per heavy atom. The van der Waals surface area contributed by atoms with Gasteiger partial charge < -0.3 is 15.2 Å². The number of hydrogen-bond donors (Lipinski definition) is 2. The van der Waals surface area contributed by atoms with Gasteiger partial charge in [-0.2, -0.15) is 11.8 Å². The summed E-state index contributed by atoms with van der Waals surface area (Å²) in [5, 5.41) is 11.2. The van der Waals surface area contributed by atoms with E-state index in [0.717, 1.165) is 5.56 Å². The standard InChI is InChI=1S/C12H15NO4S/c1-18-8-10(11(14)15)13-12(16)17-7-9-5-3-2-4-6-9/h2-6,10H,7-8H2,1H3,(H,13,16)(H,14,15)/t10-/m1/s1. The summed E-state index contributed by atoms with van der Waals surface area (Å²) in [6.07, 6.45) is 1.05. The maximum Gasteiger partial charge on any atom is 0.408 e. The third-order valence-corrected chi connectivity index (χ3v) is 2.80. The predicted molar refractivity (Wildman–Crippen MR) is 69.6 cm³/mol. The topological polar surface area (TPSA) is 75.6 Å². The van der Waals surface area contributed by atoms with E-state index in [9.17, 15) is 9.59 Å². The molecule has 0 aliphatic heterocycles. The fourth-order valence-corrected chi connectivity index (χ4v) is 1.81. The van der Waals surface area contributed by atoms with Crippen LogP contribution in [-0.2, 0) is 16.1 Å². The molecule has 0 bridgehead atoms. The van der Waals surface area contributed by atoms with E-state index >= 15 is 0 Å². The number of rotatable bonds is 6. The Bertz CT molecular complexity index is 396. The second kappa shape index (κ2) is 7.60. The van der Waals surface area contributed by atoms with Gasteiger partial charge in [-0.15, -0.1) is 0 Å². The first-order valence-corrected chi connectivity index (χ1v) is 6.72. The molecule has 5 nitrogen and oxygen atoms in total. The van der Waals surface area contributed by atoms with E-state index in [4.69, 9.17) is 9.84 Å². The van der Waals surface area contributed by atoms with Crippen molar-refractivity contribution in [1.29, 1.82) is 0 Å². The van der Waals surface area contributed by atoms with Crippen molar-refractivity contribution in [3.63, 3.8) is 0 Å². The molecule has 1 aromatic carbocycles. The normalized spacial score (nSPS) is 11.6. The van der Waals surface area contributed by atoms with Gasteiger partial charge in [0.1, 0.15) is 12.6 Å². The van der Waals surface area contributed by atoms with E-state index in [-0.39, 0.29) is 6.61 Å². The molecule has 0 aliphatic carbocycles. The van der Waals surface area contributed by atoms with E-state index in [1.807, 2.05) is 30.3 Å². The second-order valence-corrected chi connectivity index (χ2v) is 4.46. The van der Waals surface area contributed by atoms with Gasteiger partial charge >= 0.3 is 12.1 Å². The second-order valence-electron chi connectivity index (χ2n) is 3.55. The lowest BCUT2D eigenvalue weighted by atomic mass is 10.2. The van der Waals surface area contributed by atoms with Crippen LogP contribution in [0, 0.1) is 0 Å². The number of alkyl carbamates (subject to hydrolysis) is 1. The molecule has 0 radical (unpaired) electrons. The molecule has 0 spiro atoms. The highest BCUT2D eigenvalue weighted by atomic mass is 32.2. The zero-order valence-electron chi connectivity index (χ0n) is 9.96. The minimum Gasteiger partial charge on any atom is -0.480 e. The van der Waals surface area contributed by atoms with Gasteiger partial charge in [0.25, 0.3) is 0 Å². The number of carboxylic acids is 1. The van der Waals surface area contributed by atoms with Crippen molar-refractivity contribution in [3.05, 3.63) is 35.9 Å². The molecule has 0 aliphatic rings. The number of carbonyl (C=O) groups excluding carboxylic acids is 1. The SMILES string of the molecule is CSC[C@@H](NC(=O)OCc1ccccc1)C(=O)O. The monoisotopic (exact) mass is 269 g/mol. The van der Waals surface area contributed by atoms with Crippen LogP contribution in [0.5, 0.6) is 0 Å². The van der Waals surface area contributed by atoms with Crippen LogP contribution in [0.2, 0.25) is 0 Å². The van der Waals surface area contributed by atoms with Crippen LogP contribution >= 0.6 is 11.8 Å². The number of thioether (sulfide) groups is 1. The molecule has 0 saturated carbocycles. The molecule has 98 valence electrons. The Morgan fingerprint density at radius 1 is 1.39 bits per heavy atom. The molecular formula is C12H15NO4S. The van der Waals surface area contributed by atoms with E-state index < -0.39 is 18.1 Å². The number of carbonyl (C=O) groups is 2. The Kier molecular flexibility index (Phi) is 6.07. The Balaban J connectivity index is 2.39. The van der Waals surface area contributed by atoms with Crippen LogP contribution in [-0.4, -0.2) is 35.2 Å². The maximum atomic E-state index is 11.4. The zero-order chi connectivity index (χ0) is 13.4. The van der Waals surface area contributed by atoms with Crippen molar-refractivity contribution < 1.29 is 19.4 Å². The summed E-state index contributed by atoms with van der Waals surface area (Å²) in [7, 11) is 0. The molecule has 1 amide bonds. The number of ether oxygens (including phenoxy) is 1. The van der Waals surface area contributed by atoms with Gasteiger partial charge in [0, 0.05) is 5.75 Å². The van der Waals surface area contributed by atoms with Crippen LogP contribution in [0.15, 0.2) is 30.3 Å². The average Bonchev–Trinajstić information content (AvgIpc) is 2.37. The molecule has 0 aromatic heterocycles. The molecule has 0 saturated heterocycles. The minimum absolute atomic E-state index is 0.123.